The van der Waals surface area contributed by atoms with Gasteiger partial charge in [0, 0.05) is 25.3 Å². The van der Waals surface area contributed by atoms with Gasteiger partial charge >= 0.3 is 0 Å². The summed E-state index contributed by atoms with van der Waals surface area (Å²) in [5, 5.41) is 22.3. The van der Waals surface area contributed by atoms with Gasteiger partial charge in [0.25, 0.3) is 0 Å². The van der Waals surface area contributed by atoms with Crippen molar-refractivity contribution < 1.29 is 10.2 Å². The zero-order valence-electron chi connectivity index (χ0n) is 12.6. The van der Waals surface area contributed by atoms with Crippen molar-refractivity contribution in [1.29, 1.82) is 0 Å². The van der Waals surface area contributed by atoms with Crippen molar-refractivity contribution in [2.45, 2.75) is 58.2 Å². The average Bonchev–Trinajstić information content (AvgIpc) is 2.37. The van der Waals surface area contributed by atoms with Crippen molar-refractivity contribution in [2.24, 2.45) is 10.9 Å². The van der Waals surface area contributed by atoms with E-state index in [0.717, 1.165) is 0 Å². The molecule has 4 heteroatoms. The van der Waals surface area contributed by atoms with Gasteiger partial charge in [-0.25, -0.2) is 0 Å². The second-order valence-electron chi connectivity index (χ2n) is 5.47. The van der Waals surface area contributed by atoms with E-state index in [2.05, 4.69) is 16.2 Å². The lowest BCUT2D eigenvalue weighted by molar-refractivity contribution is 0.0659. The maximum Gasteiger partial charge on any atom is 0.0811 e. The molecular weight excluding hydrogens is 240 g/mol. The van der Waals surface area contributed by atoms with Crippen molar-refractivity contribution in [3.8, 4) is 12.3 Å². The molecule has 0 amide bonds. The largest absolute Gasteiger partial charge is 0.396 e. The first-order valence-corrected chi connectivity index (χ1v) is 6.89. The first kappa shape index (κ1) is 18.1. The van der Waals surface area contributed by atoms with Crippen molar-refractivity contribution in [1.82, 2.24) is 5.32 Å². The van der Waals surface area contributed by atoms with Crippen LogP contribution < -0.4 is 5.32 Å². The van der Waals surface area contributed by atoms with Gasteiger partial charge in [-0.15, -0.1) is 12.3 Å². The van der Waals surface area contributed by atoms with Crippen LogP contribution in [0.4, 0.5) is 0 Å². The molecule has 110 valence electrons. The predicted octanol–water partition coefficient (Wildman–Crippen LogP) is 1.22. The Morgan fingerprint density at radius 1 is 1.47 bits per heavy atom. The fraction of sp³-hybridized carbons (Fsp3) is 0.800. The molecule has 4 nitrogen and oxygen atoms in total. The van der Waals surface area contributed by atoms with Gasteiger partial charge in [0.2, 0.25) is 0 Å². The van der Waals surface area contributed by atoms with Crippen LogP contribution in [0.3, 0.4) is 0 Å². The second kappa shape index (κ2) is 9.08. The Bertz CT molecular complexity index is 308. The van der Waals surface area contributed by atoms with E-state index in [4.69, 9.17) is 11.5 Å². The Morgan fingerprint density at radius 3 is 2.58 bits per heavy atom. The monoisotopic (exact) mass is 268 g/mol. The Hall–Kier alpha value is -0.890. The summed E-state index contributed by atoms with van der Waals surface area (Å²) in [4.78, 5) is 4.28. The number of terminal acetylenes is 1. The smallest absolute Gasteiger partial charge is 0.0811 e. The highest BCUT2D eigenvalue weighted by molar-refractivity contribution is 5.65. The van der Waals surface area contributed by atoms with E-state index in [1.165, 1.54) is 0 Å². The van der Waals surface area contributed by atoms with Crippen molar-refractivity contribution in [3.63, 3.8) is 0 Å². The minimum Gasteiger partial charge on any atom is -0.396 e. The zero-order chi connectivity index (χ0) is 14.9. The third-order valence-corrected chi connectivity index (χ3v) is 3.44. The molecule has 0 saturated heterocycles. The number of nitrogens with zero attached hydrogens (tertiary/aromatic N) is 1. The fourth-order valence-electron chi connectivity index (χ4n) is 1.43. The summed E-state index contributed by atoms with van der Waals surface area (Å²) in [7, 11) is 0. The quantitative estimate of drug-likeness (QED) is 0.435. The van der Waals surface area contributed by atoms with Crippen LogP contribution in [0.5, 0.6) is 0 Å². The van der Waals surface area contributed by atoms with E-state index < -0.39 is 5.60 Å². The molecule has 0 rings (SSSR count). The van der Waals surface area contributed by atoms with Gasteiger partial charge in [-0.2, -0.15) is 0 Å². The molecule has 0 aromatic rings. The van der Waals surface area contributed by atoms with E-state index in [9.17, 15) is 5.11 Å². The maximum atomic E-state index is 9.87. The first-order chi connectivity index (χ1) is 8.86. The highest BCUT2D eigenvalue weighted by atomic mass is 16.3. The molecule has 19 heavy (non-hydrogen) atoms. The van der Waals surface area contributed by atoms with Gasteiger partial charge in [0.15, 0.2) is 0 Å². The molecule has 0 aliphatic rings. The van der Waals surface area contributed by atoms with E-state index in [1.807, 2.05) is 20.8 Å². The van der Waals surface area contributed by atoms with E-state index in [1.54, 1.807) is 13.1 Å². The van der Waals surface area contributed by atoms with Crippen LogP contribution in [0.1, 0.15) is 40.5 Å². The average molecular weight is 268 g/mol. The van der Waals surface area contributed by atoms with Gasteiger partial charge in [0.1, 0.15) is 0 Å². The summed E-state index contributed by atoms with van der Waals surface area (Å²) in [6, 6.07) is 0.128. The number of aliphatic hydroxyl groups excluding tert-OH is 1. The zero-order valence-corrected chi connectivity index (χ0v) is 12.6. The van der Waals surface area contributed by atoms with Crippen LogP contribution in [0.2, 0.25) is 0 Å². The minimum atomic E-state index is -0.763. The molecule has 0 saturated carbocycles. The molecule has 3 N–H and O–H groups in total. The lowest BCUT2D eigenvalue weighted by Gasteiger charge is -2.24. The summed E-state index contributed by atoms with van der Waals surface area (Å²) in [6.07, 6.45) is 8.32. The highest BCUT2D eigenvalue weighted by Gasteiger charge is 2.17. The van der Waals surface area contributed by atoms with Gasteiger partial charge in [0.05, 0.1) is 18.2 Å². The third-order valence-electron chi connectivity index (χ3n) is 3.44. The Morgan fingerprint density at radius 2 is 2.11 bits per heavy atom. The normalized spacial score (nSPS) is 19.6. The Kier molecular flexibility index (Phi) is 8.66. The summed E-state index contributed by atoms with van der Waals surface area (Å²) >= 11 is 0. The molecule has 0 aromatic heterocycles. The number of hydrogen-bond donors (Lipinski definition) is 3. The fourth-order valence-corrected chi connectivity index (χ4v) is 1.43. The topological polar surface area (TPSA) is 64.9 Å². The summed E-state index contributed by atoms with van der Waals surface area (Å²) in [6.45, 7) is 8.20. The Balaban J connectivity index is 4.41. The van der Waals surface area contributed by atoms with Crippen LogP contribution in [0.15, 0.2) is 4.99 Å². The number of aliphatic imine (C=N–C) groups is 1. The second-order valence-corrected chi connectivity index (χ2v) is 5.47. The molecule has 0 radical (unpaired) electrons. The number of nitrogens with one attached hydrogen (secondary N) is 1. The number of aliphatic hydroxyl groups is 2. The molecule has 4 unspecified atom stereocenters. The molecular formula is C15H28N2O2. The molecule has 0 fully saturated rings. The molecule has 4 atom stereocenters. The summed E-state index contributed by atoms with van der Waals surface area (Å²) < 4.78 is 0. The van der Waals surface area contributed by atoms with Crippen LogP contribution in [-0.4, -0.2) is 47.3 Å². The summed E-state index contributed by atoms with van der Waals surface area (Å²) in [5.41, 5.74) is -0.763. The SMILES string of the molecule is C#CCC(/C=N\CC(C)(O)CC)NC(C)C(C)CO. The molecule has 0 heterocycles. The standard InChI is InChI=1S/C15H28N2O2/c1-6-8-14(17-13(4)12(3)10-18)9-16-11-15(5,19)7-2/h1,9,12-14,17-19H,7-8,10-11H2,2-5H3/b16-9-. The van der Waals surface area contributed by atoms with Crippen molar-refractivity contribution >= 4 is 6.21 Å². The minimum absolute atomic E-state index is 0.0262. The van der Waals surface area contributed by atoms with E-state index in [-0.39, 0.29) is 24.6 Å². The van der Waals surface area contributed by atoms with Gasteiger partial charge in [-0.05, 0) is 26.2 Å². The molecule has 0 bridgehead atoms. The van der Waals surface area contributed by atoms with Crippen molar-refractivity contribution in [3.05, 3.63) is 0 Å². The number of rotatable bonds is 9. The van der Waals surface area contributed by atoms with Gasteiger partial charge in [-0.1, -0.05) is 13.8 Å². The van der Waals surface area contributed by atoms with Gasteiger partial charge < -0.3 is 15.5 Å². The van der Waals surface area contributed by atoms with Crippen LogP contribution in [0, 0.1) is 18.3 Å². The van der Waals surface area contributed by atoms with Crippen LogP contribution in [0.25, 0.3) is 0 Å². The predicted molar refractivity (Wildman–Crippen MR) is 80.4 cm³/mol. The third kappa shape index (κ3) is 7.99. The molecule has 0 spiro atoms. The van der Waals surface area contributed by atoms with Crippen LogP contribution in [-0.2, 0) is 0 Å². The number of hydrogen-bond acceptors (Lipinski definition) is 4. The Labute approximate surface area is 117 Å². The first-order valence-electron chi connectivity index (χ1n) is 6.89. The maximum absolute atomic E-state index is 9.87. The van der Waals surface area contributed by atoms with Gasteiger partial charge in [-0.3, -0.25) is 4.99 Å². The molecule has 0 aromatic carbocycles. The van der Waals surface area contributed by atoms with E-state index in [0.29, 0.717) is 19.4 Å². The lowest BCUT2D eigenvalue weighted by Crippen LogP contribution is -2.42. The lowest BCUT2D eigenvalue weighted by atomic mass is 10.0. The van der Waals surface area contributed by atoms with E-state index >= 15 is 0 Å². The molecule has 0 aliphatic heterocycles. The van der Waals surface area contributed by atoms with Crippen molar-refractivity contribution in [2.75, 3.05) is 13.2 Å². The van der Waals surface area contributed by atoms with Crippen LogP contribution >= 0.6 is 0 Å². The summed E-state index contributed by atoms with van der Waals surface area (Å²) in [5.74, 6) is 2.77. The molecule has 0 aliphatic carbocycles. The highest BCUT2D eigenvalue weighted by Crippen LogP contribution is 2.08.